The minimum Gasteiger partial charge on any atom is -0.397 e. The Bertz CT molecular complexity index is 647. The lowest BCUT2D eigenvalue weighted by atomic mass is 10.1. The second-order valence-corrected chi connectivity index (χ2v) is 5.32. The van der Waals surface area contributed by atoms with Gasteiger partial charge >= 0.3 is 0 Å². The highest BCUT2D eigenvalue weighted by Gasteiger charge is 2.17. The maximum Gasteiger partial charge on any atom is 0.260 e. The first-order chi connectivity index (χ1) is 9.40. The fourth-order valence-electron chi connectivity index (χ4n) is 2.17. The number of carbonyl (C=O) groups excluding carboxylic acids is 1. The molecule has 1 amide bonds. The van der Waals surface area contributed by atoms with E-state index in [4.69, 9.17) is 17.3 Å². The first kappa shape index (κ1) is 14.4. The molecule has 0 radical (unpaired) electrons. The summed E-state index contributed by atoms with van der Waals surface area (Å²) in [5, 5.41) is 0.393. The molecule has 0 aromatic heterocycles. The van der Waals surface area contributed by atoms with Crippen molar-refractivity contribution in [2.24, 2.45) is 0 Å². The lowest BCUT2D eigenvalue weighted by molar-refractivity contribution is 0.0994. The third-order valence-electron chi connectivity index (χ3n) is 3.18. The molecule has 0 bridgehead atoms. The van der Waals surface area contributed by atoms with Gasteiger partial charge < -0.3 is 10.6 Å². The Hall–Kier alpha value is -2.00. The van der Waals surface area contributed by atoms with Crippen LogP contribution in [0.15, 0.2) is 36.4 Å². The van der Waals surface area contributed by atoms with Crippen LogP contribution in [-0.4, -0.2) is 13.0 Å². The van der Waals surface area contributed by atoms with Gasteiger partial charge in [-0.2, -0.15) is 0 Å². The smallest absolute Gasteiger partial charge is 0.260 e. The SMILES string of the molecule is Cc1cc(C)cc(N(C)C(=O)c2cccc(Cl)c2N)c1. The lowest BCUT2D eigenvalue weighted by Gasteiger charge is -2.19. The molecule has 2 aromatic carbocycles. The van der Waals surface area contributed by atoms with E-state index >= 15 is 0 Å². The first-order valence-electron chi connectivity index (χ1n) is 6.30. The first-order valence-corrected chi connectivity index (χ1v) is 6.68. The Morgan fingerprint density at radius 2 is 1.75 bits per heavy atom. The number of anilines is 2. The van der Waals surface area contributed by atoms with Crippen molar-refractivity contribution in [1.29, 1.82) is 0 Å². The Kier molecular flexibility index (Phi) is 4.00. The summed E-state index contributed by atoms with van der Waals surface area (Å²) in [6.45, 7) is 4.01. The van der Waals surface area contributed by atoms with E-state index in [1.54, 1.807) is 30.1 Å². The normalized spacial score (nSPS) is 10.4. The van der Waals surface area contributed by atoms with Gasteiger partial charge in [0.2, 0.25) is 0 Å². The molecular formula is C16H17ClN2O. The van der Waals surface area contributed by atoms with Gasteiger partial charge in [0.05, 0.1) is 16.3 Å². The highest BCUT2D eigenvalue weighted by atomic mass is 35.5. The summed E-state index contributed by atoms with van der Waals surface area (Å²) in [6, 6.07) is 11.1. The second kappa shape index (κ2) is 5.55. The van der Waals surface area contributed by atoms with Crippen molar-refractivity contribution in [1.82, 2.24) is 0 Å². The number of hydrogen-bond donors (Lipinski definition) is 1. The molecule has 0 heterocycles. The molecule has 2 aromatic rings. The zero-order chi connectivity index (χ0) is 14.9. The van der Waals surface area contributed by atoms with E-state index in [1.807, 2.05) is 26.0 Å². The van der Waals surface area contributed by atoms with E-state index < -0.39 is 0 Å². The van der Waals surface area contributed by atoms with E-state index in [0.717, 1.165) is 16.8 Å². The van der Waals surface area contributed by atoms with Crippen LogP contribution in [0.3, 0.4) is 0 Å². The number of nitrogen functional groups attached to an aromatic ring is 1. The summed E-state index contributed by atoms with van der Waals surface area (Å²) in [5.74, 6) is -0.171. The number of nitrogens with two attached hydrogens (primary N) is 1. The Morgan fingerprint density at radius 1 is 1.15 bits per heavy atom. The zero-order valence-electron chi connectivity index (χ0n) is 11.8. The molecule has 0 saturated carbocycles. The van der Waals surface area contributed by atoms with Crippen LogP contribution >= 0.6 is 11.6 Å². The fraction of sp³-hybridized carbons (Fsp3) is 0.188. The molecule has 0 saturated heterocycles. The van der Waals surface area contributed by atoms with Crippen LogP contribution < -0.4 is 10.6 Å². The number of carbonyl (C=O) groups is 1. The van der Waals surface area contributed by atoms with E-state index in [0.29, 0.717) is 16.3 Å². The van der Waals surface area contributed by atoms with Gasteiger partial charge in [-0.15, -0.1) is 0 Å². The zero-order valence-corrected chi connectivity index (χ0v) is 12.5. The number of para-hydroxylation sites is 1. The summed E-state index contributed by atoms with van der Waals surface area (Å²) in [5.41, 5.74) is 9.67. The molecule has 2 N–H and O–H groups in total. The van der Waals surface area contributed by atoms with E-state index in [2.05, 4.69) is 6.07 Å². The molecule has 0 atom stereocenters. The molecule has 0 aliphatic rings. The minimum absolute atomic E-state index is 0.171. The van der Waals surface area contributed by atoms with Gasteiger partial charge in [0.15, 0.2) is 0 Å². The Labute approximate surface area is 124 Å². The maximum atomic E-state index is 12.5. The number of halogens is 1. The van der Waals surface area contributed by atoms with Gasteiger partial charge in [-0.3, -0.25) is 4.79 Å². The van der Waals surface area contributed by atoms with Crippen molar-refractivity contribution in [3.8, 4) is 0 Å². The molecule has 4 heteroatoms. The number of rotatable bonds is 2. The number of nitrogens with zero attached hydrogens (tertiary/aromatic N) is 1. The van der Waals surface area contributed by atoms with Crippen LogP contribution in [0.25, 0.3) is 0 Å². The molecule has 0 unspecified atom stereocenters. The molecule has 104 valence electrons. The largest absolute Gasteiger partial charge is 0.397 e. The monoisotopic (exact) mass is 288 g/mol. The predicted molar refractivity (Wildman–Crippen MR) is 84.5 cm³/mol. The number of amides is 1. The van der Waals surface area contributed by atoms with Gasteiger partial charge in [-0.05, 0) is 49.2 Å². The van der Waals surface area contributed by atoms with Crippen LogP contribution in [0.1, 0.15) is 21.5 Å². The van der Waals surface area contributed by atoms with Gasteiger partial charge in [-0.1, -0.05) is 23.7 Å². The average molecular weight is 289 g/mol. The van der Waals surface area contributed by atoms with E-state index in [1.165, 1.54) is 0 Å². The molecule has 0 fully saturated rings. The maximum absolute atomic E-state index is 12.5. The van der Waals surface area contributed by atoms with Crippen molar-refractivity contribution in [2.45, 2.75) is 13.8 Å². The van der Waals surface area contributed by atoms with Crippen molar-refractivity contribution in [2.75, 3.05) is 17.7 Å². The van der Waals surface area contributed by atoms with Crippen LogP contribution in [0.5, 0.6) is 0 Å². The highest BCUT2D eigenvalue weighted by Crippen LogP contribution is 2.26. The van der Waals surface area contributed by atoms with Crippen molar-refractivity contribution >= 4 is 28.9 Å². The molecule has 2 rings (SSSR count). The molecular weight excluding hydrogens is 272 g/mol. The summed E-state index contributed by atoms with van der Waals surface area (Å²) in [7, 11) is 1.73. The van der Waals surface area contributed by atoms with Gasteiger partial charge in [-0.25, -0.2) is 0 Å². The topological polar surface area (TPSA) is 46.3 Å². The van der Waals surface area contributed by atoms with Crippen LogP contribution in [0.4, 0.5) is 11.4 Å². The molecule has 0 aliphatic heterocycles. The minimum atomic E-state index is -0.171. The number of aryl methyl sites for hydroxylation is 2. The summed E-state index contributed by atoms with van der Waals surface area (Å²) in [6.07, 6.45) is 0. The standard InChI is InChI=1S/C16H17ClN2O/c1-10-7-11(2)9-12(8-10)19(3)16(20)13-5-4-6-14(17)15(13)18/h4-9H,18H2,1-3H3. The third kappa shape index (κ3) is 2.78. The average Bonchev–Trinajstić information content (AvgIpc) is 2.39. The number of hydrogen-bond acceptors (Lipinski definition) is 2. The Balaban J connectivity index is 2.40. The van der Waals surface area contributed by atoms with Crippen molar-refractivity contribution in [3.05, 3.63) is 58.1 Å². The Morgan fingerprint density at radius 3 is 2.35 bits per heavy atom. The summed E-state index contributed by atoms with van der Waals surface area (Å²) < 4.78 is 0. The van der Waals surface area contributed by atoms with Crippen LogP contribution in [-0.2, 0) is 0 Å². The fourth-order valence-corrected chi connectivity index (χ4v) is 2.34. The summed E-state index contributed by atoms with van der Waals surface area (Å²) in [4.78, 5) is 14.1. The second-order valence-electron chi connectivity index (χ2n) is 4.91. The quantitative estimate of drug-likeness (QED) is 0.854. The van der Waals surface area contributed by atoms with Crippen molar-refractivity contribution in [3.63, 3.8) is 0 Å². The van der Waals surface area contributed by atoms with Gasteiger partial charge in [0.1, 0.15) is 0 Å². The molecule has 0 aliphatic carbocycles. The lowest BCUT2D eigenvalue weighted by Crippen LogP contribution is -2.27. The third-order valence-corrected chi connectivity index (χ3v) is 3.51. The molecule has 20 heavy (non-hydrogen) atoms. The highest BCUT2D eigenvalue weighted by molar-refractivity contribution is 6.34. The van der Waals surface area contributed by atoms with Crippen molar-refractivity contribution < 1.29 is 4.79 Å². The molecule has 0 spiro atoms. The predicted octanol–water partition coefficient (Wildman–Crippen LogP) is 3.82. The van der Waals surface area contributed by atoms with Gasteiger partial charge in [0.25, 0.3) is 5.91 Å². The van der Waals surface area contributed by atoms with Crippen LogP contribution in [0.2, 0.25) is 5.02 Å². The summed E-state index contributed by atoms with van der Waals surface area (Å²) >= 11 is 5.96. The van der Waals surface area contributed by atoms with Crippen LogP contribution in [0, 0.1) is 13.8 Å². The van der Waals surface area contributed by atoms with Gasteiger partial charge in [0, 0.05) is 12.7 Å². The number of benzene rings is 2. The van der Waals surface area contributed by atoms with E-state index in [9.17, 15) is 4.79 Å². The van der Waals surface area contributed by atoms with E-state index in [-0.39, 0.29) is 5.91 Å². The molecule has 3 nitrogen and oxygen atoms in total.